The smallest absolute Gasteiger partial charge is 0.312 e. The fourth-order valence-corrected chi connectivity index (χ4v) is 3.25. The standard InChI is InChI=1S/C13H18ClN3O2S/c1-2-16-6-7-17(13(19)12(16)18)5-3-4-11-15-10(8-14)9-20-11/h9H,2-8H2,1H3. The molecule has 0 unspecified atom stereocenters. The van der Waals surface area contributed by atoms with Crippen molar-refractivity contribution in [3.05, 3.63) is 16.1 Å². The summed E-state index contributed by atoms with van der Waals surface area (Å²) in [5.74, 6) is -0.321. The molecular formula is C13H18ClN3O2S. The summed E-state index contributed by atoms with van der Waals surface area (Å²) in [6, 6.07) is 0. The molecule has 2 rings (SSSR count). The fraction of sp³-hybridized carbons (Fsp3) is 0.615. The van der Waals surface area contributed by atoms with Crippen molar-refractivity contribution < 1.29 is 9.59 Å². The molecule has 20 heavy (non-hydrogen) atoms. The van der Waals surface area contributed by atoms with E-state index in [1.165, 1.54) is 0 Å². The van der Waals surface area contributed by atoms with E-state index in [4.69, 9.17) is 11.6 Å². The van der Waals surface area contributed by atoms with Crippen LogP contribution in [0.2, 0.25) is 0 Å². The van der Waals surface area contributed by atoms with Gasteiger partial charge in [0, 0.05) is 38.0 Å². The molecule has 0 saturated carbocycles. The Labute approximate surface area is 127 Å². The second-order valence-corrected chi connectivity index (χ2v) is 5.86. The van der Waals surface area contributed by atoms with Gasteiger partial charge in [0.25, 0.3) is 0 Å². The van der Waals surface area contributed by atoms with Crippen LogP contribution < -0.4 is 0 Å². The minimum absolute atomic E-state index is 0.376. The quantitative estimate of drug-likeness (QED) is 0.590. The normalized spacial score (nSPS) is 16.1. The third kappa shape index (κ3) is 3.49. The number of alkyl halides is 1. The van der Waals surface area contributed by atoms with Gasteiger partial charge in [0.15, 0.2) is 0 Å². The molecule has 1 saturated heterocycles. The third-order valence-corrected chi connectivity index (χ3v) is 4.57. The number of nitrogens with zero attached hydrogens (tertiary/aromatic N) is 3. The maximum Gasteiger partial charge on any atom is 0.312 e. The highest BCUT2D eigenvalue weighted by atomic mass is 35.5. The van der Waals surface area contributed by atoms with Crippen LogP contribution in [0.5, 0.6) is 0 Å². The Morgan fingerprint density at radius 2 is 2.00 bits per heavy atom. The van der Waals surface area contributed by atoms with Gasteiger partial charge in [-0.25, -0.2) is 4.98 Å². The number of hydrogen-bond acceptors (Lipinski definition) is 4. The Kier molecular flexibility index (Phi) is 5.37. The SMILES string of the molecule is CCN1CCN(CCCc2nc(CCl)cs2)C(=O)C1=O. The van der Waals surface area contributed by atoms with Crippen LogP contribution in [0.15, 0.2) is 5.38 Å². The van der Waals surface area contributed by atoms with Crippen LogP contribution in [-0.4, -0.2) is 52.8 Å². The number of hydrogen-bond donors (Lipinski definition) is 0. The summed E-state index contributed by atoms with van der Waals surface area (Å²) < 4.78 is 0. The van der Waals surface area contributed by atoms with Crippen LogP contribution in [0.25, 0.3) is 0 Å². The van der Waals surface area contributed by atoms with Crippen molar-refractivity contribution in [1.82, 2.24) is 14.8 Å². The molecule has 1 aromatic rings. The summed E-state index contributed by atoms with van der Waals surface area (Å²) in [6.07, 6.45) is 1.64. The highest BCUT2D eigenvalue weighted by Crippen LogP contribution is 2.14. The Hall–Kier alpha value is -1.14. The lowest BCUT2D eigenvalue weighted by molar-refractivity contribution is -0.155. The Morgan fingerprint density at radius 3 is 2.65 bits per heavy atom. The molecule has 1 fully saturated rings. The summed E-state index contributed by atoms with van der Waals surface area (Å²) in [4.78, 5) is 31.3. The van der Waals surface area contributed by atoms with Crippen molar-refractivity contribution in [1.29, 1.82) is 0 Å². The molecule has 2 heterocycles. The largest absolute Gasteiger partial charge is 0.333 e. The molecule has 0 aromatic carbocycles. The van der Waals surface area contributed by atoms with E-state index in [2.05, 4.69) is 4.98 Å². The lowest BCUT2D eigenvalue weighted by Gasteiger charge is -2.33. The average Bonchev–Trinajstić information content (AvgIpc) is 2.92. The Bertz CT molecular complexity index is 492. The van der Waals surface area contributed by atoms with Crippen LogP contribution >= 0.6 is 22.9 Å². The number of amides is 2. The molecule has 0 atom stereocenters. The van der Waals surface area contributed by atoms with E-state index >= 15 is 0 Å². The van der Waals surface area contributed by atoms with Gasteiger partial charge in [-0.15, -0.1) is 22.9 Å². The highest BCUT2D eigenvalue weighted by Gasteiger charge is 2.30. The maximum absolute atomic E-state index is 11.9. The number of thiazole rings is 1. The molecule has 110 valence electrons. The van der Waals surface area contributed by atoms with Gasteiger partial charge < -0.3 is 9.80 Å². The first kappa shape index (κ1) is 15.3. The minimum atomic E-state index is -0.377. The van der Waals surface area contributed by atoms with Gasteiger partial charge in [-0.3, -0.25) is 9.59 Å². The number of halogens is 1. The highest BCUT2D eigenvalue weighted by molar-refractivity contribution is 7.09. The molecule has 0 N–H and O–H groups in total. The van der Waals surface area contributed by atoms with Gasteiger partial charge in [0.1, 0.15) is 0 Å². The van der Waals surface area contributed by atoms with Crippen molar-refractivity contribution in [2.75, 3.05) is 26.2 Å². The van der Waals surface area contributed by atoms with Gasteiger partial charge in [0.05, 0.1) is 16.6 Å². The van der Waals surface area contributed by atoms with E-state index < -0.39 is 0 Å². The maximum atomic E-state index is 11.9. The van der Waals surface area contributed by atoms with Gasteiger partial charge in [-0.1, -0.05) is 0 Å². The summed E-state index contributed by atoms with van der Waals surface area (Å²) in [7, 11) is 0. The van der Waals surface area contributed by atoms with Crippen molar-refractivity contribution in [2.45, 2.75) is 25.6 Å². The predicted molar refractivity (Wildman–Crippen MR) is 78.8 cm³/mol. The molecule has 0 radical (unpaired) electrons. The Balaban J connectivity index is 1.79. The Morgan fingerprint density at radius 1 is 1.30 bits per heavy atom. The second-order valence-electron chi connectivity index (χ2n) is 4.65. The lowest BCUT2D eigenvalue weighted by atomic mass is 10.2. The van der Waals surface area contributed by atoms with Gasteiger partial charge in [-0.05, 0) is 13.3 Å². The molecule has 1 aliphatic heterocycles. The molecule has 7 heteroatoms. The van der Waals surface area contributed by atoms with E-state index in [0.29, 0.717) is 32.1 Å². The van der Waals surface area contributed by atoms with Crippen LogP contribution in [0, 0.1) is 0 Å². The second kappa shape index (κ2) is 7.04. The molecule has 2 amide bonds. The first-order valence-electron chi connectivity index (χ1n) is 6.73. The van der Waals surface area contributed by atoms with Gasteiger partial charge in [0.2, 0.25) is 0 Å². The summed E-state index contributed by atoms with van der Waals surface area (Å²) in [5.41, 5.74) is 0.898. The minimum Gasteiger partial charge on any atom is -0.333 e. The van der Waals surface area contributed by atoms with Gasteiger partial charge in [-0.2, -0.15) is 0 Å². The number of piperazine rings is 1. The van der Waals surface area contributed by atoms with Crippen molar-refractivity contribution in [3.63, 3.8) is 0 Å². The van der Waals surface area contributed by atoms with Crippen LogP contribution in [0.1, 0.15) is 24.0 Å². The molecule has 0 spiro atoms. The number of carbonyl (C=O) groups excluding carboxylic acids is 2. The monoisotopic (exact) mass is 315 g/mol. The zero-order chi connectivity index (χ0) is 14.5. The number of aromatic nitrogens is 1. The zero-order valence-corrected chi connectivity index (χ0v) is 13.0. The predicted octanol–water partition coefficient (Wildman–Crippen LogP) is 1.51. The zero-order valence-electron chi connectivity index (χ0n) is 11.5. The summed E-state index contributed by atoms with van der Waals surface area (Å²) in [5, 5.41) is 2.99. The van der Waals surface area contributed by atoms with Crippen LogP contribution in [-0.2, 0) is 21.9 Å². The van der Waals surface area contributed by atoms with Crippen molar-refractivity contribution in [2.24, 2.45) is 0 Å². The van der Waals surface area contributed by atoms with E-state index in [1.54, 1.807) is 21.1 Å². The average molecular weight is 316 g/mol. The molecular weight excluding hydrogens is 298 g/mol. The van der Waals surface area contributed by atoms with Crippen molar-refractivity contribution >= 4 is 34.8 Å². The summed E-state index contributed by atoms with van der Waals surface area (Å²) in [6.45, 7) is 4.35. The first-order valence-corrected chi connectivity index (χ1v) is 8.14. The van der Waals surface area contributed by atoms with E-state index in [9.17, 15) is 9.59 Å². The van der Waals surface area contributed by atoms with E-state index in [1.807, 2.05) is 12.3 Å². The molecule has 1 aliphatic rings. The molecule has 0 bridgehead atoms. The lowest BCUT2D eigenvalue weighted by Crippen LogP contribution is -2.54. The molecule has 0 aliphatic carbocycles. The third-order valence-electron chi connectivity index (χ3n) is 3.33. The van der Waals surface area contributed by atoms with Crippen LogP contribution in [0.3, 0.4) is 0 Å². The van der Waals surface area contributed by atoms with Crippen LogP contribution in [0.4, 0.5) is 0 Å². The number of rotatable bonds is 6. The van der Waals surface area contributed by atoms with E-state index in [-0.39, 0.29) is 11.8 Å². The molecule has 5 nitrogen and oxygen atoms in total. The number of likely N-dealkylation sites (N-methyl/N-ethyl adjacent to an activating group) is 1. The number of carbonyl (C=O) groups is 2. The van der Waals surface area contributed by atoms with Crippen molar-refractivity contribution in [3.8, 4) is 0 Å². The first-order chi connectivity index (χ1) is 9.65. The number of aryl methyl sites for hydroxylation is 1. The van der Waals surface area contributed by atoms with Gasteiger partial charge >= 0.3 is 11.8 Å². The molecule has 1 aromatic heterocycles. The summed E-state index contributed by atoms with van der Waals surface area (Å²) >= 11 is 7.30. The topological polar surface area (TPSA) is 53.5 Å². The fourth-order valence-electron chi connectivity index (χ4n) is 2.18. The van der Waals surface area contributed by atoms with E-state index in [0.717, 1.165) is 23.5 Å².